The summed E-state index contributed by atoms with van der Waals surface area (Å²) < 4.78 is 5.84. The number of Topliss-reactive ketones (excluding diaryl/α,β-unsaturated/α-hetero) is 1. The van der Waals surface area contributed by atoms with Crippen molar-refractivity contribution in [3.8, 4) is 0 Å². The summed E-state index contributed by atoms with van der Waals surface area (Å²) in [7, 11) is 0. The van der Waals surface area contributed by atoms with E-state index in [4.69, 9.17) is 4.74 Å². The molecule has 1 N–H and O–H groups in total. The molecule has 0 saturated heterocycles. The smallest absolute Gasteiger partial charge is 0.284 e. The quantitative estimate of drug-likeness (QED) is 0.287. The molecule has 0 unspecified atom stereocenters. The Morgan fingerprint density at radius 3 is 2.92 bits per heavy atom. The highest BCUT2D eigenvalue weighted by atomic mass is 32.2. The van der Waals surface area contributed by atoms with Crippen LogP contribution in [0.15, 0.2) is 27.4 Å². The van der Waals surface area contributed by atoms with Crippen LogP contribution in [0.3, 0.4) is 0 Å². The Bertz CT molecular complexity index is 751. The highest BCUT2D eigenvalue weighted by Gasteiger charge is 2.18. The predicted molar refractivity (Wildman–Crippen MR) is 96.7 cm³/mol. The van der Waals surface area contributed by atoms with E-state index in [1.807, 2.05) is 6.92 Å². The van der Waals surface area contributed by atoms with E-state index in [0.717, 1.165) is 18.2 Å². The predicted octanol–water partition coefficient (Wildman–Crippen LogP) is 3.64. The number of nitrogens with one attached hydrogen (secondary N) is 1. The van der Waals surface area contributed by atoms with Gasteiger partial charge in [0.1, 0.15) is 0 Å². The zero-order valence-electron chi connectivity index (χ0n) is 13.9. The molecular weight excluding hydrogens is 364 g/mol. The van der Waals surface area contributed by atoms with Crippen molar-refractivity contribution in [3.63, 3.8) is 0 Å². The van der Waals surface area contributed by atoms with E-state index in [2.05, 4.69) is 15.5 Å². The highest BCUT2D eigenvalue weighted by Crippen LogP contribution is 2.37. The van der Waals surface area contributed by atoms with E-state index < -0.39 is 4.92 Å². The van der Waals surface area contributed by atoms with Gasteiger partial charge in [-0.1, -0.05) is 11.3 Å². The average Bonchev–Trinajstić information content (AvgIpc) is 3.02. The molecule has 0 aliphatic rings. The molecule has 2 rings (SSSR count). The number of nitro benzene ring substituents is 1. The van der Waals surface area contributed by atoms with E-state index in [1.54, 1.807) is 12.1 Å². The van der Waals surface area contributed by atoms with Crippen LogP contribution >= 0.6 is 23.1 Å². The standard InChI is InChI=1S/C15H18N4O4S2/c1-3-23-8-4-7-16-14-17-18-15(25-14)24-13-6-5-11(10(2)20)9-12(13)19(21)22/h5-6,9H,3-4,7-8H2,1-2H3,(H,16,17). The van der Waals surface area contributed by atoms with Gasteiger partial charge in [0, 0.05) is 31.4 Å². The van der Waals surface area contributed by atoms with Gasteiger partial charge in [0.15, 0.2) is 10.1 Å². The zero-order valence-corrected chi connectivity index (χ0v) is 15.5. The van der Waals surface area contributed by atoms with Gasteiger partial charge in [-0.3, -0.25) is 14.9 Å². The number of hydrogen-bond donors (Lipinski definition) is 1. The monoisotopic (exact) mass is 382 g/mol. The Morgan fingerprint density at radius 2 is 2.24 bits per heavy atom. The molecule has 10 heteroatoms. The summed E-state index contributed by atoms with van der Waals surface area (Å²) in [5.41, 5.74) is 0.198. The maximum Gasteiger partial charge on any atom is 0.284 e. The second kappa shape index (κ2) is 9.44. The number of rotatable bonds is 10. The third-order valence-corrected chi connectivity index (χ3v) is 5.11. The van der Waals surface area contributed by atoms with Crippen molar-refractivity contribution in [2.24, 2.45) is 0 Å². The Kier molecular flexibility index (Phi) is 7.29. The number of nitro groups is 1. The number of carbonyl (C=O) groups is 1. The van der Waals surface area contributed by atoms with E-state index in [9.17, 15) is 14.9 Å². The molecule has 0 bridgehead atoms. The lowest BCUT2D eigenvalue weighted by molar-refractivity contribution is -0.387. The number of benzene rings is 1. The van der Waals surface area contributed by atoms with Gasteiger partial charge < -0.3 is 10.1 Å². The van der Waals surface area contributed by atoms with Gasteiger partial charge in [-0.15, -0.1) is 10.2 Å². The number of ketones is 1. The van der Waals surface area contributed by atoms with Gasteiger partial charge in [-0.2, -0.15) is 0 Å². The van der Waals surface area contributed by atoms with Gasteiger partial charge in [0.2, 0.25) is 5.13 Å². The van der Waals surface area contributed by atoms with Crippen molar-refractivity contribution in [3.05, 3.63) is 33.9 Å². The first-order valence-electron chi connectivity index (χ1n) is 7.63. The molecule has 1 aromatic carbocycles. The molecule has 0 atom stereocenters. The van der Waals surface area contributed by atoms with Gasteiger partial charge >= 0.3 is 0 Å². The Labute approximate surface area is 153 Å². The van der Waals surface area contributed by atoms with Crippen LogP contribution in [-0.4, -0.2) is 40.7 Å². The largest absolute Gasteiger partial charge is 0.382 e. The van der Waals surface area contributed by atoms with Crippen molar-refractivity contribution in [2.75, 3.05) is 25.1 Å². The number of hydrogen-bond acceptors (Lipinski definition) is 9. The van der Waals surface area contributed by atoms with Gasteiger partial charge in [-0.25, -0.2) is 0 Å². The first-order chi connectivity index (χ1) is 12.0. The SMILES string of the molecule is CCOCCCNc1nnc(Sc2ccc(C(C)=O)cc2[N+](=O)[O-])s1. The summed E-state index contributed by atoms with van der Waals surface area (Å²) in [6.45, 7) is 5.41. The summed E-state index contributed by atoms with van der Waals surface area (Å²) in [4.78, 5) is 22.6. The molecule has 0 radical (unpaired) electrons. The molecular formula is C15H18N4O4S2. The molecule has 0 saturated carbocycles. The molecule has 1 heterocycles. The molecule has 25 heavy (non-hydrogen) atoms. The van der Waals surface area contributed by atoms with Crippen molar-refractivity contribution in [1.82, 2.24) is 10.2 Å². The lowest BCUT2D eigenvalue weighted by atomic mass is 10.1. The van der Waals surface area contributed by atoms with Crippen molar-refractivity contribution < 1.29 is 14.5 Å². The fraction of sp³-hybridized carbons (Fsp3) is 0.400. The van der Waals surface area contributed by atoms with Crippen molar-refractivity contribution in [1.29, 1.82) is 0 Å². The van der Waals surface area contributed by atoms with Crippen LogP contribution in [0.25, 0.3) is 0 Å². The third kappa shape index (κ3) is 5.76. The molecule has 0 amide bonds. The molecule has 1 aromatic heterocycles. The first-order valence-corrected chi connectivity index (χ1v) is 9.27. The number of nitrogens with zero attached hydrogens (tertiary/aromatic N) is 3. The molecule has 0 aliphatic heterocycles. The van der Waals surface area contributed by atoms with Crippen LogP contribution < -0.4 is 5.32 Å². The summed E-state index contributed by atoms with van der Waals surface area (Å²) in [5.74, 6) is -0.214. The highest BCUT2D eigenvalue weighted by molar-refractivity contribution is 8.01. The van der Waals surface area contributed by atoms with Gasteiger partial charge in [-0.05, 0) is 44.2 Å². The van der Waals surface area contributed by atoms with Gasteiger partial charge in [0.25, 0.3) is 5.69 Å². The molecule has 2 aromatic rings. The minimum absolute atomic E-state index is 0.112. The number of carbonyl (C=O) groups excluding carboxylic acids is 1. The van der Waals surface area contributed by atoms with Crippen LogP contribution in [-0.2, 0) is 4.74 Å². The molecule has 0 fully saturated rings. The summed E-state index contributed by atoms with van der Waals surface area (Å²) in [5, 5.41) is 23.1. The second-order valence-corrected chi connectivity index (χ2v) is 7.21. The van der Waals surface area contributed by atoms with Crippen molar-refractivity contribution in [2.45, 2.75) is 29.5 Å². The molecule has 8 nitrogen and oxygen atoms in total. The number of ether oxygens (including phenoxy) is 1. The lowest BCUT2D eigenvalue weighted by Gasteiger charge is -2.02. The van der Waals surface area contributed by atoms with Crippen LogP contribution in [0, 0.1) is 10.1 Å². The number of aromatic nitrogens is 2. The zero-order chi connectivity index (χ0) is 18.2. The van der Waals surface area contributed by atoms with E-state index in [-0.39, 0.29) is 11.5 Å². The minimum atomic E-state index is -0.497. The maximum absolute atomic E-state index is 11.4. The normalized spacial score (nSPS) is 10.6. The van der Waals surface area contributed by atoms with E-state index in [0.29, 0.717) is 39.7 Å². The van der Waals surface area contributed by atoms with Crippen molar-refractivity contribution >= 4 is 39.7 Å². The third-order valence-electron chi connectivity index (χ3n) is 3.11. The topological polar surface area (TPSA) is 107 Å². The summed E-state index contributed by atoms with van der Waals surface area (Å²) >= 11 is 2.48. The fourth-order valence-corrected chi connectivity index (χ4v) is 3.72. The average molecular weight is 382 g/mol. The summed E-state index contributed by atoms with van der Waals surface area (Å²) in [6, 6.07) is 4.43. The number of anilines is 1. The van der Waals surface area contributed by atoms with E-state index in [1.165, 1.54) is 24.3 Å². The van der Waals surface area contributed by atoms with Crippen LogP contribution in [0.4, 0.5) is 10.8 Å². The van der Waals surface area contributed by atoms with Crippen LogP contribution in [0.5, 0.6) is 0 Å². The second-order valence-electron chi connectivity index (χ2n) is 4.95. The Balaban J connectivity index is 2.02. The Morgan fingerprint density at radius 1 is 1.44 bits per heavy atom. The molecule has 0 spiro atoms. The van der Waals surface area contributed by atoms with Crippen LogP contribution in [0.2, 0.25) is 0 Å². The first kappa shape index (κ1) is 19.3. The molecule has 0 aliphatic carbocycles. The van der Waals surface area contributed by atoms with Gasteiger partial charge in [0.05, 0.1) is 9.82 Å². The maximum atomic E-state index is 11.4. The lowest BCUT2D eigenvalue weighted by Crippen LogP contribution is -2.05. The fourth-order valence-electron chi connectivity index (χ4n) is 1.90. The summed E-state index contributed by atoms with van der Waals surface area (Å²) in [6.07, 6.45) is 0.855. The minimum Gasteiger partial charge on any atom is -0.382 e. The van der Waals surface area contributed by atoms with Crippen LogP contribution in [0.1, 0.15) is 30.6 Å². The Hall–Kier alpha value is -2.04. The molecule has 134 valence electrons. The van der Waals surface area contributed by atoms with E-state index >= 15 is 0 Å².